The molecule has 3 nitrogen and oxygen atoms in total. The van der Waals surface area contributed by atoms with E-state index in [1.165, 1.54) is 32.8 Å². The van der Waals surface area contributed by atoms with Crippen LogP contribution in [0, 0.1) is 0 Å². The number of rotatable bonds is 1. The number of hydrogen-bond acceptors (Lipinski definition) is 3. The van der Waals surface area contributed by atoms with E-state index in [9.17, 15) is 0 Å². The average molecular weight is 447 g/mol. The fourth-order valence-electron chi connectivity index (χ4n) is 5.24. The molecular formula is C29H22NO2P. The summed E-state index contributed by atoms with van der Waals surface area (Å²) in [5, 5.41) is 7.00. The lowest BCUT2D eigenvalue weighted by atomic mass is 9.99. The van der Waals surface area contributed by atoms with E-state index in [2.05, 4.69) is 109 Å². The molecular weight excluding hydrogens is 425 g/mol. The molecule has 0 aliphatic carbocycles. The van der Waals surface area contributed by atoms with Gasteiger partial charge < -0.3 is 8.39 Å². The van der Waals surface area contributed by atoms with Crippen molar-refractivity contribution in [2.24, 2.45) is 0 Å². The summed E-state index contributed by atoms with van der Waals surface area (Å²) in [6, 6.07) is 34.5. The quantitative estimate of drug-likeness (QED) is 0.252. The minimum absolute atomic E-state index is 0.305. The molecule has 0 saturated carbocycles. The third-order valence-electron chi connectivity index (χ3n) is 6.73. The highest BCUT2D eigenvalue weighted by molar-refractivity contribution is 7.39. The van der Waals surface area contributed by atoms with Crippen LogP contribution >= 0.6 is 8.16 Å². The van der Waals surface area contributed by atoms with E-state index in [0.717, 1.165) is 28.4 Å². The van der Waals surface area contributed by atoms with Crippen LogP contribution < -0.4 is 4.67 Å². The van der Waals surface area contributed by atoms with Gasteiger partial charge in [0.25, 0.3) is 0 Å². The van der Waals surface area contributed by atoms with Crippen LogP contribution in [0.2, 0.25) is 0 Å². The van der Waals surface area contributed by atoms with Crippen molar-refractivity contribution in [3.05, 3.63) is 103 Å². The maximum absolute atomic E-state index is 6.78. The summed E-state index contributed by atoms with van der Waals surface area (Å²) in [6.07, 6.45) is 0.997. The summed E-state index contributed by atoms with van der Waals surface area (Å²) < 4.78 is 15.9. The van der Waals surface area contributed by atoms with Crippen molar-refractivity contribution in [2.45, 2.75) is 19.4 Å². The van der Waals surface area contributed by atoms with E-state index in [1.54, 1.807) is 0 Å². The minimum atomic E-state index is -1.38. The molecule has 5 aromatic carbocycles. The highest BCUT2D eigenvalue weighted by atomic mass is 31.1. The molecule has 0 N–H and O–H groups in total. The second kappa shape index (κ2) is 7.16. The number of para-hydroxylation sites is 1. The van der Waals surface area contributed by atoms with Crippen molar-refractivity contribution < 1.29 is 8.39 Å². The van der Waals surface area contributed by atoms with Crippen LogP contribution in [0.15, 0.2) is 105 Å². The zero-order valence-electron chi connectivity index (χ0n) is 18.2. The lowest BCUT2D eigenvalue weighted by molar-refractivity contribution is 0.621. The van der Waals surface area contributed by atoms with Crippen LogP contribution in [0.3, 0.4) is 0 Å². The molecule has 33 heavy (non-hydrogen) atoms. The first kappa shape index (κ1) is 18.8. The Bertz CT molecular complexity index is 1640. The second-order valence-electron chi connectivity index (χ2n) is 8.77. The molecule has 1 aromatic heterocycles. The third-order valence-corrected chi connectivity index (χ3v) is 8.40. The Morgan fingerprint density at radius 3 is 1.85 bits per heavy atom. The molecule has 6 aromatic rings. The Morgan fingerprint density at radius 2 is 1.21 bits per heavy atom. The van der Waals surface area contributed by atoms with Gasteiger partial charge in [-0.3, -0.25) is 4.67 Å². The van der Waals surface area contributed by atoms with E-state index < -0.39 is 8.16 Å². The van der Waals surface area contributed by atoms with Crippen LogP contribution in [-0.2, 0) is 6.42 Å². The molecule has 0 fully saturated rings. The monoisotopic (exact) mass is 447 g/mol. The topological polar surface area (TPSA) is 29.5 Å². The molecule has 0 bridgehead atoms. The van der Waals surface area contributed by atoms with Crippen LogP contribution in [-0.4, -0.2) is 6.04 Å². The first-order valence-corrected chi connectivity index (χ1v) is 12.5. The molecule has 0 saturated heterocycles. The molecule has 160 valence electrons. The van der Waals surface area contributed by atoms with Gasteiger partial charge in [-0.05, 0) is 58.7 Å². The van der Waals surface area contributed by atoms with Crippen molar-refractivity contribution in [3.8, 4) is 0 Å². The summed E-state index contributed by atoms with van der Waals surface area (Å²) in [5.74, 6) is 0. The van der Waals surface area contributed by atoms with Crippen LogP contribution in [0.5, 0.6) is 0 Å². The van der Waals surface area contributed by atoms with Gasteiger partial charge in [0, 0.05) is 16.8 Å². The Kier molecular flexibility index (Phi) is 4.09. The summed E-state index contributed by atoms with van der Waals surface area (Å²) >= 11 is 0. The Balaban J connectivity index is 1.68. The first-order valence-electron chi connectivity index (χ1n) is 11.3. The molecule has 7 rings (SSSR count). The fourth-order valence-corrected chi connectivity index (χ4v) is 6.87. The number of benzene rings is 5. The van der Waals surface area contributed by atoms with Crippen molar-refractivity contribution in [3.63, 3.8) is 0 Å². The van der Waals surface area contributed by atoms with E-state index in [4.69, 9.17) is 8.39 Å². The molecule has 1 atom stereocenters. The largest absolute Gasteiger partial charge is 0.404 e. The fraction of sp³-hybridized carbons (Fsp3) is 0.103. The summed E-state index contributed by atoms with van der Waals surface area (Å²) in [6.45, 7) is 2.25. The Hall–Kier alpha value is -3.68. The number of nitrogens with zero attached hydrogens (tertiary/aromatic N) is 1. The zero-order chi connectivity index (χ0) is 21.9. The lowest BCUT2D eigenvalue weighted by Gasteiger charge is -2.20. The Labute approximate surface area is 192 Å². The summed E-state index contributed by atoms with van der Waals surface area (Å²) in [5.41, 5.74) is 4.32. The number of fused-ring (bicyclic) bond motifs is 8. The molecule has 4 heteroatoms. The highest BCUT2D eigenvalue weighted by Crippen LogP contribution is 2.48. The van der Waals surface area contributed by atoms with Crippen LogP contribution in [0.4, 0.5) is 5.69 Å². The standard InChI is InChI=1S/C29H22NO2P/c1-19-18-22-10-4-7-13-25(22)30(19)33-31-26-16-14-20-8-2-5-11-23(20)28(26)29-24-12-6-3-9-21(24)15-17-27(29)32-33/h2-17,19H,18H2,1H3. The van der Waals surface area contributed by atoms with Gasteiger partial charge in [0.1, 0.15) is 11.2 Å². The predicted molar refractivity (Wildman–Crippen MR) is 139 cm³/mol. The SMILES string of the molecule is CC1Cc2ccccc2N1p1oc2ccc3ccccc3c2c2c(ccc3ccccc32)o1. The minimum Gasteiger partial charge on any atom is -0.404 e. The molecule has 1 aliphatic heterocycles. The predicted octanol–water partition coefficient (Wildman–Crippen LogP) is 8.81. The third kappa shape index (κ3) is 2.83. The first-order chi connectivity index (χ1) is 16.3. The molecule has 0 spiro atoms. The number of anilines is 1. The smallest absolute Gasteiger partial charge is 0.341 e. The Morgan fingerprint density at radius 1 is 0.667 bits per heavy atom. The average Bonchev–Trinajstić information content (AvgIpc) is 3.08. The van der Waals surface area contributed by atoms with Crippen molar-refractivity contribution >= 4 is 57.3 Å². The van der Waals surface area contributed by atoms with Crippen molar-refractivity contribution in [1.29, 1.82) is 0 Å². The van der Waals surface area contributed by atoms with Crippen LogP contribution in [0.25, 0.3) is 43.5 Å². The van der Waals surface area contributed by atoms with E-state index >= 15 is 0 Å². The van der Waals surface area contributed by atoms with Crippen molar-refractivity contribution in [2.75, 3.05) is 4.67 Å². The normalized spacial score (nSPS) is 15.5. The van der Waals surface area contributed by atoms with Gasteiger partial charge in [-0.25, -0.2) is 0 Å². The highest BCUT2D eigenvalue weighted by Gasteiger charge is 2.30. The van der Waals surface area contributed by atoms with Gasteiger partial charge in [-0.15, -0.1) is 0 Å². The van der Waals surface area contributed by atoms with Gasteiger partial charge in [0.05, 0.1) is 5.69 Å². The molecule has 1 unspecified atom stereocenters. The maximum Gasteiger partial charge on any atom is 0.341 e. The lowest BCUT2D eigenvalue weighted by Crippen LogP contribution is -2.20. The van der Waals surface area contributed by atoms with Crippen molar-refractivity contribution in [1.82, 2.24) is 0 Å². The van der Waals surface area contributed by atoms with Gasteiger partial charge in [0.2, 0.25) is 0 Å². The van der Waals surface area contributed by atoms with Crippen LogP contribution in [0.1, 0.15) is 12.5 Å². The zero-order valence-corrected chi connectivity index (χ0v) is 19.1. The summed E-state index contributed by atoms with van der Waals surface area (Å²) in [7, 11) is -1.38. The second-order valence-corrected chi connectivity index (χ2v) is 10.0. The van der Waals surface area contributed by atoms with Gasteiger partial charge in [-0.1, -0.05) is 78.9 Å². The summed E-state index contributed by atoms with van der Waals surface area (Å²) in [4.78, 5) is 0. The number of hydrogen-bond donors (Lipinski definition) is 0. The van der Waals surface area contributed by atoms with Gasteiger partial charge >= 0.3 is 8.16 Å². The van der Waals surface area contributed by atoms with E-state index in [0.29, 0.717) is 6.04 Å². The maximum atomic E-state index is 6.78. The molecule has 0 amide bonds. The van der Waals surface area contributed by atoms with Gasteiger partial charge in [0.15, 0.2) is 0 Å². The molecule has 1 aliphatic rings. The van der Waals surface area contributed by atoms with Gasteiger partial charge in [-0.2, -0.15) is 0 Å². The van der Waals surface area contributed by atoms with E-state index in [1.807, 2.05) is 0 Å². The van der Waals surface area contributed by atoms with E-state index in [-0.39, 0.29) is 0 Å². The molecule has 2 heterocycles. The molecule has 0 radical (unpaired) electrons.